The van der Waals surface area contributed by atoms with Crippen molar-refractivity contribution in [3.63, 3.8) is 0 Å². The predicted molar refractivity (Wildman–Crippen MR) is 83.7 cm³/mol. The number of nitriles is 1. The Morgan fingerprint density at radius 3 is 2.95 bits per heavy atom. The molecule has 0 aliphatic heterocycles. The third kappa shape index (κ3) is 7.81. The van der Waals surface area contributed by atoms with Crippen molar-refractivity contribution >= 4 is 10.8 Å². The Labute approximate surface area is 128 Å². The average Bonchev–Trinajstić information content (AvgIpc) is 2.49. The second-order valence-electron chi connectivity index (χ2n) is 4.98. The number of aliphatic hydroxyl groups excluding tert-OH is 1. The monoisotopic (exact) mass is 310 g/mol. The SMILES string of the molecule is CC(CCS(C)=O)NCC(O)COc1cccc(C#N)c1. The van der Waals surface area contributed by atoms with Gasteiger partial charge < -0.3 is 15.2 Å². The number of rotatable bonds is 9. The lowest BCUT2D eigenvalue weighted by Crippen LogP contribution is -2.37. The highest BCUT2D eigenvalue weighted by atomic mass is 32.2. The van der Waals surface area contributed by atoms with Gasteiger partial charge in [-0.25, -0.2) is 0 Å². The summed E-state index contributed by atoms with van der Waals surface area (Å²) in [6.45, 7) is 2.57. The minimum absolute atomic E-state index is 0.161. The van der Waals surface area contributed by atoms with E-state index in [1.165, 1.54) is 0 Å². The largest absolute Gasteiger partial charge is 0.491 e. The molecule has 3 unspecified atom stereocenters. The van der Waals surface area contributed by atoms with Gasteiger partial charge in [-0.15, -0.1) is 0 Å². The molecule has 3 atom stereocenters. The molecule has 1 rings (SSSR count). The minimum Gasteiger partial charge on any atom is -0.491 e. The third-order valence-corrected chi connectivity index (χ3v) is 3.76. The Bertz CT molecular complexity index is 502. The van der Waals surface area contributed by atoms with Crippen LogP contribution in [0.2, 0.25) is 0 Å². The topological polar surface area (TPSA) is 82.3 Å². The lowest BCUT2D eigenvalue weighted by Gasteiger charge is -2.17. The van der Waals surface area contributed by atoms with Gasteiger partial charge in [0.25, 0.3) is 0 Å². The molecular weight excluding hydrogens is 288 g/mol. The van der Waals surface area contributed by atoms with Crippen LogP contribution in [0.4, 0.5) is 0 Å². The summed E-state index contributed by atoms with van der Waals surface area (Å²) in [4.78, 5) is 0. The second kappa shape index (κ2) is 9.50. The van der Waals surface area contributed by atoms with Crippen LogP contribution in [0.3, 0.4) is 0 Å². The van der Waals surface area contributed by atoms with Gasteiger partial charge in [0.05, 0.1) is 11.6 Å². The summed E-state index contributed by atoms with van der Waals surface area (Å²) in [5.74, 6) is 1.23. The summed E-state index contributed by atoms with van der Waals surface area (Å²) < 4.78 is 16.4. The number of benzene rings is 1. The number of hydrogen-bond acceptors (Lipinski definition) is 5. The number of nitrogens with one attached hydrogen (secondary N) is 1. The molecular formula is C15H22N2O3S. The maximum atomic E-state index is 11.0. The van der Waals surface area contributed by atoms with Crippen LogP contribution in [0, 0.1) is 11.3 Å². The number of ether oxygens (including phenoxy) is 1. The van der Waals surface area contributed by atoms with Crippen LogP contribution in [0.25, 0.3) is 0 Å². The highest BCUT2D eigenvalue weighted by Crippen LogP contribution is 2.12. The molecule has 0 amide bonds. The second-order valence-corrected chi connectivity index (χ2v) is 6.53. The van der Waals surface area contributed by atoms with Crippen molar-refractivity contribution in [3.05, 3.63) is 29.8 Å². The van der Waals surface area contributed by atoms with Gasteiger partial charge in [0.1, 0.15) is 18.5 Å². The van der Waals surface area contributed by atoms with Gasteiger partial charge in [-0.05, 0) is 31.5 Å². The van der Waals surface area contributed by atoms with E-state index in [1.807, 2.05) is 13.0 Å². The predicted octanol–water partition coefficient (Wildman–Crippen LogP) is 1.04. The van der Waals surface area contributed by atoms with E-state index in [0.717, 1.165) is 6.42 Å². The standard InChI is InChI=1S/C15H22N2O3S/c1-12(6-7-21(2)19)17-10-14(18)11-20-15-5-3-4-13(8-15)9-16/h3-5,8,12,14,17-18H,6-7,10-11H2,1-2H3. The third-order valence-electron chi connectivity index (χ3n) is 2.95. The van der Waals surface area contributed by atoms with Crippen molar-refractivity contribution in [1.29, 1.82) is 5.26 Å². The van der Waals surface area contributed by atoms with E-state index in [9.17, 15) is 9.32 Å². The van der Waals surface area contributed by atoms with Crippen LogP contribution < -0.4 is 10.1 Å². The molecule has 0 aliphatic carbocycles. The zero-order chi connectivity index (χ0) is 15.7. The molecule has 21 heavy (non-hydrogen) atoms. The molecule has 0 heterocycles. The van der Waals surface area contributed by atoms with E-state index < -0.39 is 16.9 Å². The summed E-state index contributed by atoms with van der Waals surface area (Å²) in [7, 11) is -0.786. The molecule has 0 spiro atoms. The molecule has 2 N–H and O–H groups in total. The summed E-state index contributed by atoms with van der Waals surface area (Å²) >= 11 is 0. The van der Waals surface area contributed by atoms with Gasteiger partial charge in [-0.2, -0.15) is 5.26 Å². The lowest BCUT2D eigenvalue weighted by atomic mass is 10.2. The van der Waals surface area contributed by atoms with Gasteiger partial charge in [-0.1, -0.05) is 6.07 Å². The summed E-state index contributed by atoms with van der Waals surface area (Å²) in [6.07, 6.45) is 1.86. The van der Waals surface area contributed by atoms with E-state index in [0.29, 0.717) is 23.6 Å². The van der Waals surface area contributed by atoms with Gasteiger partial charge in [-0.3, -0.25) is 4.21 Å². The molecule has 1 aromatic carbocycles. The smallest absolute Gasteiger partial charge is 0.120 e. The van der Waals surface area contributed by atoms with Crippen molar-refractivity contribution in [3.8, 4) is 11.8 Å². The van der Waals surface area contributed by atoms with Crippen molar-refractivity contribution in [1.82, 2.24) is 5.32 Å². The fourth-order valence-electron chi connectivity index (χ4n) is 1.69. The first-order valence-corrected chi connectivity index (χ1v) is 8.58. The van der Waals surface area contributed by atoms with Crippen LogP contribution in [0.1, 0.15) is 18.9 Å². The van der Waals surface area contributed by atoms with Gasteiger partial charge in [0, 0.05) is 35.4 Å². The Hall–Kier alpha value is -1.42. The van der Waals surface area contributed by atoms with Crippen molar-refractivity contribution in [2.45, 2.75) is 25.5 Å². The molecule has 0 bridgehead atoms. The molecule has 0 aliphatic rings. The van der Waals surface area contributed by atoms with E-state index >= 15 is 0 Å². The molecule has 0 radical (unpaired) electrons. The van der Waals surface area contributed by atoms with Crippen LogP contribution in [0.15, 0.2) is 24.3 Å². The van der Waals surface area contributed by atoms with Crippen molar-refractivity contribution in [2.75, 3.05) is 25.2 Å². The molecule has 6 heteroatoms. The average molecular weight is 310 g/mol. The molecule has 0 fully saturated rings. The van der Waals surface area contributed by atoms with E-state index in [1.54, 1.807) is 30.5 Å². The minimum atomic E-state index is -0.786. The zero-order valence-corrected chi connectivity index (χ0v) is 13.2. The first-order valence-electron chi connectivity index (χ1n) is 6.85. The number of hydrogen-bond donors (Lipinski definition) is 2. The first kappa shape index (κ1) is 17.6. The van der Waals surface area contributed by atoms with Crippen LogP contribution in [-0.2, 0) is 10.8 Å². The van der Waals surface area contributed by atoms with E-state index in [-0.39, 0.29) is 12.6 Å². The zero-order valence-electron chi connectivity index (χ0n) is 12.4. The highest BCUT2D eigenvalue weighted by molar-refractivity contribution is 7.84. The van der Waals surface area contributed by atoms with Crippen LogP contribution in [-0.4, -0.2) is 46.6 Å². The fourth-order valence-corrected chi connectivity index (χ4v) is 2.37. The van der Waals surface area contributed by atoms with Crippen LogP contribution >= 0.6 is 0 Å². The summed E-state index contributed by atoms with van der Waals surface area (Å²) in [6, 6.07) is 9.07. The van der Waals surface area contributed by atoms with E-state index in [2.05, 4.69) is 5.32 Å². The molecule has 1 aromatic rings. The summed E-state index contributed by atoms with van der Waals surface area (Å²) in [5, 5.41) is 21.8. The van der Waals surface area contributed by atoms with E-state index in [4.69, 9.17) is 10.00 Å². The van der Waals surface area contributed by atoms with Gasteiger partial charge >= 0.3 is 0 Å². The molecule has 0 saturated heterocycles. The van der Waals surface area contributed by atoms with Crippen LogP contribution in [0.5, 0.6) is 5.75 Å². The maximum absolute atomic E-state index is 11.0. The van der Waals surface area contributed by atoms with Crippen molar-refractivity contribution in [2.24, 2.45) is 0 Å². The molecule has 116 valence electrons. The molecule has 0 saturated carbocycles. The molecule has 5 nitrogen and oxygen atoms in total. The Morgan fingerprint density at radius 2 is 2.29 bits per heavy atom. The molecule has 0 aromatic heterocycles. The summed E-state index contributed by atoms with van der Waals surface area (Å²) in [5.41, 5.74) is 0.529. The van der Waals surface area contributed by atoms with Crippen molar-refractivity contribution < 1.29 is 14.1 Å². The first-order chi connectivity index (χ1) is 10.0. The lowest BCUT2D eigenvalue weighted by molar-refractivity contribution is 0.104. The highest BCUT2D eigenvalue weighted by Gasteiger charge is 2.09. The Kier molecular flexibility index (Phi) is 7.98. The fraction of sp³-hybridized carbons (Fsp3) is 0.533. The Balaban J connectivity index is 2.26. The van der Waals surface area contributed by atoms with Gasteiger partial charge in [0.15, 0.2) is 0 Å². The number of aliphatic hydroxyl groups is 1. The number of nitrogens with zero attached hydrogens (tertiary/aromatic N) is 1. The Morgan fingerprint density at radius 1 is 1.52 bits per heavy atom. The quantitative estimate of drug-likeness (QED) is 0.712. The van der Waals surface area contributed by atoms with Gasteiger partial charge in [0.2, 0.25) is 0 Å². The normalized spacial score (nSPS) is 15.0. The maximum Gasteiger partial charge on any atom is 0.120 e.